The van der Waals surface area contributed by atoms with E-state index in [4.69, 9.17) is 4.74 Å². The van der Waals surface area contributed by atoms with Crippen LogP contribution in [-0.2, 0) is 24.6 Å². The van der Waals surface area contributed by atoms with Gasteiger partial charge in [-0.1, -0.05) is 19.1 Å². The number of hydrogen-bond acceptors (Lipinski definition) is 6. The van der Waals surface area contributed by atoms with Crippen LogP contribution in [-0.4, -0.2) is 59.6 Å². The van der Waals surface area contributed by atoms with Crippen molar-refractivity contribution in [3.63, 3.8) is 0 Å². The van der Waals surface area contributed by atoms with Gasteiger partial charge in [0.1, 0.15) is 0 Å². The molecule has 2 aromatic carbocycles. The van der Waals surface area contributed by atoms with Gasteiger partial charge in [-0.3, -0.25) is 4.79 Å². The van der Waals surface area contributed by atoms with Gasteiger partial charge in [0.25, 0.3) is 5.91 Å². The molecule has 31 heavy (non-hydrogen) atoms. The highest BCUT2D eigenvalue weighted by Gasteiger charge is 2.26. The van der Waals surface area contributed by atoms with Gasteiger partial charge in [0.15, 0.2) is 9.84 Å². The number of hydrogen-bond donors (Lipinski definition) is 1. The minimum absolute atomic E-state index is 0.134. The van der Waals surface area contributed by atoms with E-state index in [-0.39, 0.29) is 21.7 Å². The molecule has 168 valence electrons. The van der Waals surface area contributed by atoms with Gasteiger partial charge in [-0.15, -0.1) is 0 Å². The summed E-state index contributed by atoms with van der Waals surface area (Å²) in [5, 5.41) is 2.91. The number of sulfone groups is 1. The Kier molecular flexibility index (Phi) is 7.15. The van der Waals surface area contributed by atoms with E-state index in [0.29, 0.717) is 38.3 Å². The zero-order valence-corrected chi connectivity index (χ0v) is 19.1. The van der Waals surface area contributed by atoms with Gasteiger partial charge in [0.2, 0.25) is 10.0 Å². The summed E-state index contributed by atoms with van der Waals surface area (Å²) in [7, 11) is -6.91. The van der Waals surface area contributed by atoms with Gasteiger partial charge >= 0.3 is 0 Å². The first-order chi connectivity index (χ1) is 14.6. The van der Waals surface area contributed by atoms with E-state index in [2.05, 4.69) is 5.32 Å². The SMILES string of the molecule is CC[C@H](NC(=O)c1ccc(S(=O)(=O)N2CCOCC2)cc1)c1ccc(S(C)(=O)=O)cc1. The third-order valence-electron chi connectivity index (χ3n) is 5.15. The summed E-state index contributed by atoms with van der Waals surface area (Å²) in [6, 6.07) is 11.9. The van der Waals surface area contributed by atoms with Crippen molar-refractivity contribution in [1.82, 2.24) is 9.62 Å². The molecule has 0 aromatic heterocycles. The van der Waals surface area contributed by atoms with E-state index < -0.39 is 19.9 Å². The number of morpholine rings is 1. The Labute approximate surface area is 183 Å². The van der Waals surface area contributed by atoms with Crippen LogP contribution < -0.4 is 5.32 Å². The van der Waals surface area contributed by atoms with Crippen LogP contribution in [0.25, 0.3) is 0 Å². The summed E-state index contributed by atoms with van der Waals surface area (Å²) in [5.41, 5.74) is 1.13. The number of benzene rings is 2. The summed E-state index contributed by atoms with van der Waals surface area (Å²) in [5.74, 6) is -0.339. The minimum atomic E-state index is -3.62. The van der Waals surface area contributed by atoms with Crippen LogP contribution in [0.2, 0.25) is 0 Å². The van der Waals surface area contributed by atoms with Crippen LogP contribution in [0.5, 0.6) is 0 Å². The predicted molar refractivity (Wildman–Crippen MR) is 116 cm³/mol. The molecule has 0 aliphatic carbocycles. The zero-order chi connectivity index (χ0) is 22.6. The fraction of sp³-hybridized carbons (Fsp3) is 0.381. The number of nitrogens with one attached hydrogen (secondary N) is 1. The Morgan fingerprint density at radius 1 is 0.968 bits per heavy atom. The Balaban J connectivity index is 1.72. The quantitative estimate of drug-likeness (QED) is 0.668. The molecule has 0 spiro atoms. The number of carbonyl (C=O) groups excluding carboxylic acids is 1. The Bertz CT molecular complexity index is 1120. The van der Waals surface area contributed by atoms with Crippen molar-refractivity contribution in [1.29, 1.82) is 0 Å². The maximum atomic E-state index is 12.7. The smallest absolute Gasteiger partial charge is 0.251 e. The molecule has 1 saturated heterocycles. The van der Waals surface area contributed by atoms with Gasteiger partial charge in [-0.2, -0.15) is 4.31 Å². The normalized spacial score (nSPS) is 16.6. The second kappa shape index (κ2) is 9.47. The lowest BCUT2D eigenvalue weighted by molar-refractivity contribution is 0.0730. The van der Waals surface area contributed by atoms with Crippen LogP contribution in [0, 0.1) is 0 Å². The molecule has 1 heterocycles. The fourth-order valence-electron chi connectivity index (χ4n) is 3.32. The Morgan fingerprint density at radius 2 is 1.52 bits per heavy atom. The van der Waals surface area contributed by atoms with Crippen LogP contribution >= 0.6 is 0 Å². The third kappa shape index (κ3) is 5.51. The molecule has 1 aliphatic rings. The maximum absolute atomic E-state index is 12.7. The van der Waals surface area contributed by atoms with Crippen molar-refractivity contribution in [3.8, 4) is 0 Å². The van der Waals surface area contributed by atoms with Crippen LogP contribution in [0.1, 0.15) is 35.3 Å². The summed E-state index contributed by atoms with van der Waals surface area (Å²) >= 11 is 0. The predicted octanol–water partition coefficient (Wildman–Crippen LogP) is 1.99. The number of amides is 1. The number of sulfonamides is 1. The van der Waals surface area contributed by atoms with Gasteiger partial charge < -0.3 is 10.1 Å². The van der Waals surface area contributed by atoms with Gasteiger partial charge in [0.05, 0.1) is 29.0 Å². The average molecular weight is 467 g/mol. The lowest BCUT2D eigenvalue weighted by Gasteiger charge is -2.26. The number of nitrogens with zero attached hydrogens (tertiary/aromatic N) is 1. The summed E-state index contributed by atoms with van der Waals surface area (Å²) in [6.07, 6.45) is 1.75. The Hall–Kier alpha value is -2.27. The molecule has 1 amide bonds. The zero-order valence-electron chi connectivity index (χ0n) is 17.4. The van der Waals surface area contributed by atoms with Crippen molar-refractivity contribution < 1.29 is 26.4 Å². The van der Waals surface area contributed by atoms with Gasteiger partial charge in [-0.05, 0) is 48.4 Å². The number of rotatable bonds is 7. The molecule has 1 N–H and O–H groups in total. The van der Waals surface area contributed by atoms with E-state index in [1.807, 2.05) is 6.92 Å². The molecule has 10 heteroatoms. The summed E-state index contributed by atoms with van der Waals surface area (Å²) < 4.78 is 55.2. The monoisotopic (exact) mass is 466 g/mol. The first kappa shape index (κ1) is 23.4. The number of carbonyl (C=O) groups is 1. The lowest BCUT2D eigenvalue weighted by Crippen LogP contribution is -2.40. The van der Waals surface area contributed by atoms with E-state index in [1.165, 1.54) is 40.7 Å². The highest BCUT2D eigenvalue weighted by molar-refractivity contribution is 7.90. The number of ether oxygens (including phenoxy) is 1. The van der Waals surface area contributed by atoms with Crippen LogP contribution in [0.4, 0.5) is 0 Å². The van der Waals surface area contributed by atoms with Crippen LogP contribution in [0.3, 0.4) is 0 Å². The van der Waals surface area contributed by atoms with E-state index in [0.717, 1.165) is 11.8 Å². The van der Waals surface area contributed by atoms with Crippen LogP contribution in [0.15, 0.2) is 58.3 Å². The molecule has 0 radical (unpaired) electrons. The third-order valence-corrected chi connectivity index (χ3v) is 8.19. The van der Waals surface area contributed by atoms with Gasteiger partial charge in [0, 0.05) is 24.9 Å². The molecule has 0 saturated carbocycles. The summed E-state index contributed by atoms with van der Waals surface area (Å²) in [4.78, 5) is 13.0. The van der Waals surface area contributed by atoms with Crippen molar-refractivity contribution >= 4 is 25.8 Å². The van der Waals surface area contributed by atoms with Crippen molar-refractivity contribution in [2.45, 2.75) is 29.2 Å². The molecular weight excluding hydrogens is 440 g/mol. The summed E-state index contributed by atoms with van der Waals surface area (Å²) in [6.45, 7) is 3.25. The van der Waals surface area contributed by atoms with E-state index in [1.54, 1.807) is 12.1 Å². The van der Waals surface area contributed by atoms with Crippen molar-refractivity contribution in [2.24, 2.45) is 0 Å². The topological polar surface area (TPSA) is 110 Å². The minimum Gasteiger partial charge on any atom is -0.379 e. The molecule has 1 atom stereocenters. The van der Waals surface area contributed by atoms with E-state index in [9.17, 15) is 21.6 Å². The molecule has 0 bridgehead atoms. The molecular formula is C21H26N2O6S2. The molecule has 1 fully saturated rings. The highest BCUT2D eigenvalue weighted by atomic mass is 32.2. The molecule has 2 aromatic rings. The largest absolute Gasteiger partial charge is 0.379 e. The first-order valence-electron chi connectivity index (χ1n) is 9.92. The first-order valence-corrected chi connectivity index (χ1v) is 13.2. The van der Waals surface area contributed by atoms with Crippen molar-refractivity contribution in [3.05, 3.63) is 59.7 Å². The van der Waals surface area contributed by atoms with Gasteiger partial charge in [-0.25, -0.2) is 16.8 Å². The molecule has 0 unspecified atom stereocenters. The lowest BCUT2D eigenvalue weighted by atomic mass is 10.0. The standard InChI is InChI=1S/C21H26N2O6S2/c1-3-20(16-4-8-18(9-5-16)30(2,25)26)22-21(24)17-6-10-19(11-7-17)31(27,28)23-12-14-29-15-13-23/h4-11,20H,3,12-15H2,1-2H3,(H,22,24)/t20-/m0/s1. The highest BCUT2D eigenvalue weighted by Crippen LogP contribution is 2.21. The Morgan fingerprint density at radius 3 is 2.03 bits per heavy atom. The molecule has 1 aliphatic heterocycles. The second-order valence-electron chi connectivity index (χ2n) is 7.32. The average Bonchev–Trinajstić information content (AvgIpc) is 2.77. The van der Waals surface area contributed by atoms with Crippen molar-refractivity contribution in [2.75, 3.05) is 32.6 Å². The fourth-order valence-corrected chi connectivity index (χ4v) is 5.36. The molecule has 3 rings (SSSR count). The second-order valence-corrected chi connectivity index (χ2v) is 11.3. The molecule has 8 nitrogen and oxygen atoms in total. The van der Waals surface area contributed by atoms with E-state index >= 15 is 0 Å². The maximum Gasteiger partial charge on any atom is 0.251 e.